The first-order valence-corrected chi connectivity index (χ1v) is 8.16. The van der Waals surface area contributed by atoms with E-state index in [-0.39, 0.29) is 17.8 Å². The molecule has 1 saturated heterocycles. The van der Waals surface area contributed by atoms with Gasteiger partial charge in [0, 0.05) is 19.1 Å². The quantitative estimate of drug-likeness (QED) is 0.899. The zero-order chi connectivity index (χ0) is 16.6. The normalized spacial score (nSPS) is 15.9. The largest absolute Gasteiger partial charge is 0.336 e. The molecule has 1 amide bonds. The van der Waals surface area contributed by atoms with Gasteiger partial charge in [-0.05, 0) is 31.9 Å². The fraction of sp³-hybridized carbons (Fsp3) is 0.400. The molecular formula is C15H17Cl2N5O. The van der Waals surface area contributed by atoms with Crippen molar-refractivity contribution < 1.29 is 4.79 Å². The van der Waals surface area contributed by atoms with Gasteiger partial charge in [0.25, 0.3) is 5.91 Å². The van der Waals surface area contributed by atoms with Crippen molar-refractivity contribution in [3.63, 3.8) is 0 Å². The van der Waals surface area contributed by atoms with Gasteiger partial charge in [-0.25, -0.2) is 9.67 Å². The molecular weight excluding hydrogens is 337 g/mol. The molecule has 1 aliphatic rings. The highest BCUT2D eigenvalue weighted by Crippen LogP contribution is 2.28. The second-order valence-corrected chi connectivity index (χ2v) is 6.41. The summed E-state index contributed by atoms with van der Waals surface area (Å²) >= 11 is 12.4. The molecule has 23 heavy (non-hydrogen) atoms. The lowest BCUT2D eigenvalue weighted by Crippen LogP contribution is -2.43. The predicted molar refractivity (Wildman–Crippen MR) is 89.2 cm³/mol. The van der Waals surface area contributed by atoms with Crippen molar-refractivity contribution in [2.75, 3.05) is 13.1 Å². The molecule has 122 valence electrons. The van der Waals surface area contributed by atoms with E-state index >= 15 is 0 Å². The Labute approximate surface area is 144 Å². The van der Waals surface area contributed by atoms with E-state index in [1.54, 1.807) is 30.0 Å². The lowest BCUT2D eigenvalue weighted by molar-refractivity contribution is 0.0702. The second-order valence-electron chi connectivity index (χ2n) is 5.59. The number of carbonyl (C=O) groups excluding carboxylic acids is 1. The van der Waals surface area contributed by atoms with E-state index in [0.29, 0.717) is 34.6 Å². The molecule has 3 rings (SSSR count). The zero-order valence-corrected chi connectivity index (χ0v) is 14.2. The smallest absolute Gasteiger partial charge is 0.293 e. The predicted octanol–water partition coefficient (Wildman–Crippen LogP) is 2.45. The van der Waals surface area contributed by atoms with Crippen LogP contribution in [-0.4, -0.2) is 44.7 Å². The number of nitrogens with two attached hydrogens (primary N) is 1. The zero-order valence-electron chi connectivity index (χ0n) is 12.7. The topological polar surface area (TPSA) is 77.0 Å². The number of aromatic nitrogens is 3. The van der Waals surface area contributed by atoms with Crippen LogP contribution >= 0.6 is 23.2 Å². The Bertz CT molecular complexity index is 717. The Balaban J connectivity index is 1.91. The summed E-state index contributed by atoms with van der Waals surface area (Å²) in [5.41, 5.74) is 6.40. The van der Waals surface area contributed by atoms with Gasteiger partial charge in [0.1, 0.15) is 11.5 Å². The van der Waals surface area contributed by atoms with Crippen molar-refractivity contribution in [2.24, 2.45) is 5.73 Å². The Morgan fingerprint density at radius 2 is 1.87 bits per heavy atom. The van der Waals surface area contributed by atoms with Crippen molar-refractivity contribution in [3.05, 3.63) is 39.9 Å². The third kappa shape index (κ3) is 3.20. The van der Waals surface area contributed by atoms with E-state index in [9.17, 15) is 4.79 Å². The maximum atomic E-state index is 12.6. The number of halogens is 2. The molecule has 1 aliphatic heterocycles. The Morgan fingerprint density at radius 1 is 1.26 bits per heavy atom. The van der Waals surface area contributed by atoms with Gasteiger partial charge < -0.3 is 10.6 Å². The number of benzene rings is 1. The summed E-state index contributed by atoms with van der Waals surface area (Å²) in [6.07, 6.45) is 1.59. The standard InChI is InChI=1S/C15H17Cl2N5O/c1-9-19-14(15(23)21-7-5-10(18)6-8-21)20-22(9)13-11(16)3-2-4-12(13)17/h2-4,10H,5-8,18H2,1H3. The van der Waals surface area contributed by atoms with Crippen LogP contribution in [0.25, 0.3) is 5.69 Å². The van der Waals surface area contributed by atoms with Crippen LogP contribution < -0.4 is 5.73 Å². The fourth-order valence-corrected chi connectivity index (χ4v) is 3.19. The number of rotatable bonds is 2. The van der Waals surface area contributed by atoms with Crippen LogP contribution in [0.2, 0.25) is 10.0 Å². The number of piperidine rings is 1. The van der Waals surface area contributed by atoms with Gasteiger partial charge in [0.2, 0.25) is 5.82 Å². The molecule has 0 radical (unpaired) electrons. The lowest BCUT2D eigenvalue weighted by atomic mass is 10.1. The van der Waals surface area contributed by atoms with Crippen molar-refractivity contribution in [1.29, 1.82) is 0 Å². The Hall–Kier alpha value is -1.63. The number of carbonyl (C=O) groups is 1. The fourth-order valence-electron chi connectivity index (χ4n) is 2.63. The number of likely N-dealkylation sites (tertiary alicyclic amines) is 1. The van der Waals surface area contributed by atoms with Gasteiger partial charge >= 0.3 is 0 Å². The third-order valence-corrected chi connectivity index (χ3v) is 4.55. The molecule has 2 N–H and O–H groups in total. The molecule has 0 aliphatic carbocycles. The van der Waals surface area contributed by atoms with Gasteiger partial charge in [-0.1, -0.05) is 29.3 Å². The Kier molecular flexibility index (Phi) is 4.57. The minimum atomic E-state index is -0.193. The molecule has 1 aromatic heterocycles. The number of hydrogen-bond donors (Lipinski definition) is 1. The van der Waals surface area contributed by atoms with E-state index in [0.717, 1.165) is 12.8 Å². The maximum absolute atomic E-state index is 12.6. The molecule has 1 fully saturated rings. The van der Waals surface area contributed by atoms with Gasteiger partial charge in [-0.2, -0.15) is 0 Å². The van der Waals surface area contributed by atoms with Crippen LogP contribution in [0, 0.1) is 6.92 Å². The monoisotopic (exact) mass is 353 g/mol. The van der Waals surface area contributed by atoms with E-state index in [1.807, 2.05) is 0 Å². The van der Waals surface area contributed by atoms with Gasteiger partial charge in [-0.3, -0.25) is 4.79 Å². The van der Waals surface area contributed by atoms with Crippen LogP contribution in [-0.2, 0) is 0 Å². The average molecular weight is 354 g/mol. The number of nitrogens with zero attached hydrogens (tertiary/aromatic N) is 4. The van der Waals surface area contributed by atoms with Crippen LogP contribution in [0.3, 0.4) is 0 Å². The highest BCUT2D eigenvalue weighted by Gasteiger charge is 2.26. The minimum Gasteiger partial charge on any atom is -0.336 e. The van der Waals surface area contributed by atoms with E-state index in [4.69, 9.17) is 28.9 Å². The molecule has 8 heteroatoms. The van der Waals surface area contributed by atoms with Gasteiger partial charge in [0.15, 0.2) is 0 Å². The number of amides is 1. The van der Waals surface area contributed by atoms with Crippen molar-refractivity contribution in [1.82, 2.24) is 19.7 Å². The number of hydrogen-bond acceptors (Lipinski definition) is 4. The van der Waals surface area contributed by atoms with Crippen LogP contribution in [0.1, 0.15) is 29.3 Å². The van der Waals surface area contributed by atoms with Crippen molar-refractivity contribution in [3.8, 4) is 5.69 Å². The van der Waals surface area contributed by atoms with E-state index in [1.165, 1.54) is 4.68 Å². The SMILES string of the molecule is Cc1nc(C(=O)N2CCC(N)CC2)nn1-c1c(Cl)cccc1Cl. The van der Waals surface area contributed by atoms with Crippen molar-refractivity contribution in [2.45, 2.75) is 25.8 Å². The van der Waals surface area contributed by atoms with Crippen molar-refractivity contribution >= 4 is 29.1 Å². The highest BCUT2D eigenvalue weighted by molar-refractivity contribution is 6.37. The second kappa shape index (κ2) is 6.47. The van der Waals surface area contributed by atoms with E-state index < -0.39 is 0 Å². The first-order chi connectivity index (χ1) is 11.0. The first kappa shape index (κ1) is 16.2. The molecule has 0 unspecified atom stereocenters. The molecule has 0 bridgehead atoms. The van der Waals surface area contributed by atoms with Crippen LogP contribution in [0.15, 0.2) is 18.2 Å². The summed E-state index contributed by atoms with van der Waals surface area (Å²) in [7, 11) is 0. The summed E-state index contributed by atoms with van der Waals surface area (Å²) in [5, 5.41) is 5.21. The highest BCUT2D eigenvalue weighted by atomic mass is 35.5. The molecule has 0 saturated carbocycles. The average Bonchev–Trinajstić information content (AvgIpc) is 2.89. The summed E-state index contributed by atoms with van der Waals surface area (Å²) in [5.74, 6) is 0.507. The Morgan fingerprint density at radius 3 is 2.48 bits per heavy atom. The summed E-state index contributed by atoms with van der Waals surface area (Å²) in [6.45, 7) is 3.01. The van der Waals surface area contributed by atoms with E-state index in [2.05, 4.69) is 10.1 Å². The molecule has 0 atom stereocenters. The third-order valence-electron chi connectivity index (χ3n) is 3.94. The van der Waals surface area contributed by atoms with Crippen LogP contribution in [0.5, 0.6) is 0 Å². The summed E-state index contributed by atoms with van der Waals surface area (Å²) in [6, 6.07) is 5.35. The maximum Gasteiger partial charge on any atom is 0.293 e. The molecule has 2 aromatic rings. The van der Waals surface area contributed by atoms with Gasteiger partial charge in [-0.15, -0.1) is 5.10 Å². The molecule has 1 aromatic carbocycles. The molecule has 2 heterocycles. The molecule has 6 nitrogen and oxygen atoms in total. The number of para-hydroxylation sites is 1. The van der Waals surface area contributed by atoms with Crippen LogP contribution in [0.4, 0.5) is 0 Å². The summed E-state index contributed by atoms with van der Waals surface area (Å²) < 4.78 is 1.51. The molecule has 0 spiro atoms. The number of aryl methyl sites for hydroxylation is 1. The van der Waals surface area contributed by atoms with Gasteiger partial charge in [0.05, 0.1) is 10.0 Å². The lowest BCUT2D eigenvalue weighted by Gasteiger charge is -2.29. The summed E-state index contributed by atoms with van der Waals surface area (Å²) in [4.78, 5) is 18.6. The first-order valence-electron chi connectivity index (χ1n) is 7.40. The minimum absolute atomic E-state index is 0.147.